The van der Waals surface area contributed by atoms with Crippen LogP contribution in [-0.2, 0) is 0 Å². The Hall–Kier alpha value is -2.05. The fourth-order valence-electron chi connectivity index (χ4n) is 3.33. The summed E-state index contributed by atoms with van der Waals surface area (Å²) in [5.41, 5.74) is 7.90. The molecule has 1 aliphatic heterocycles. The topological polar surface area (TPSA) is 53.0 Å². The van der Waals surface area contributed by atoms with Gasteiger partial charge in [0.05, 0.1) is 11.6 Å². The summed E-state index contributed by atoms with van der Waals surface area (Å²) in [5.74, 6) is 1.24. The lowest BCUT2D eigenvalue weighted by molar-refractivity contribution is 0.308. The number of nitriles is 1. The maximum Gasteiger partial charge on any atom is 0.0998 e. The van der Waals surface area contributed by atoms with E-state index in [-0.39, 0.29) is 0 Å². The lowest BCUT2D eigenvalue weighted by Gasteiger charge is -2.38. The second-order valence-corrected chi connectivity index (χ2v) is 6.00. The zero-order valence-electron chi connectivity index (χ0n) is 12.4. The average molecular weight is 279 g/mol. The monoisotopic (exact) mass is 279 g/mol. The molecule has 0 amide bonds. The first-order valence-electron chi connectivity index (χ1n) is 7.61. The van der Waals surface area contributed by atoms with Gasteiger partial charge in [-0.05, 0) is 36.9 Å². The van der Waals surface area contributed by atoms with Gasteiger partial charge in [0, 0.05) is 29.5 Å². The molecule has 0 saturated carbocycles. The fourth-order valence-corrected chi connectivity index (χ4v) is 3.33. The number of hydrogen-bond donors (Lipinski definition) is 1. The van der Waals surface area contributed by atoms with Gasteiger partial charge in [-0.3, -0.25) is 0 Å². The van der Waals surface area contributed by atoms with Crippen LogP contribution in [0.5, 0.6) is 0 Å². The number of benzene rings is 2. The third kappa shape index (κ3) is 2.48. The van der Waals surface area contributed by atoms with Crippen LogP contribution >= 0.6 is 0 Å². The molecule has 3 nitrogen and oxygen atoms in total. The van der Waals surface area contributed by atoms with Gasteiger partial charge in [-0.2, -0.15) is 5.26 Å². The molecule has 0 aromatic heterocycles. The van der Waals surface area contributed by atoms with Gasteiger partial charge < -0.3 is 10.6 Å². The summed E-state index contributed by atoms with van der Waals surface area (Å²) in [6.07, 6.45) is 1.18. The number of anilines is 1. The smallest absolute Gasteiger partial charge is 0.0998 e. The molecule has 1 heterocycles. The van der Waals surface area contributed by atoms with Crippen molar-refractivity contribution in [1.29, 1.82) is 5.26 Å². The third-order valence-corrected chi connectivity index (χ3v) is 4.78. The standard InChI is InChI=1S/C18H21N3/c1-13-8-9-21(12-15(13)11-20)18-7-6-14(10-19)16-4-2-3-5-17(16)18/h2-7,13,15H,8-9,11-12,20H2,1H3. The largest absolute Gasteiger partial charge is 0.371 e. The van der Waals surface area contributed by atoms with Gasteiger partial charge in [-0.1, -0.05) is 31.2 Å². The number of fused-ring (bicyclic) bond motifs is 1. The van der Waals surface area contributed by atoms with E-state index in [0.717, 1.165) is 30.6 Å². The molecule has 0 radical (unpaired) electrons. The number of nitrogens with zero attached hydrogens (tertiary/aromatic N) is 2. The summed E-state index contributed by atoms with van der Waals surface area (Å²) < 4.78 is 0. The van der Waals surface area contributed by atoms with Crippen LogP contribution in [0.4, 0.5) is 5.69 Å². The molecule has 0 aliphatic carbocycles. The second-order valence-electron chi connectivity index (χ2n) is 6.00. The van der Waals surface area contributed by atoms with Crippen molar-refractivity contribution in [1.82, 2.24) is 0 Å². The Kier molecular flexibility index (Phi) is 3.81. The Balaban J connectivity index is 2.04. The van der Waals surface area contributed by atoms with E-state index >= 15 is 0 Å². The molecule has 0 bridgehead atoms. The molecule has 0 spiro atoms. The molecule has 1 fully saturated rings. The maximum absolute atomic E-state index is 9.27. The van der Waals surface area contributed by atoms with Crippen molar-refractivity contribution < 1.29 is 0 Å². The van der Waals surface area contributed by atoms with Gasteiger partial charge in [0.25, 0.3) is 0 Å². The van der Waals surface area contributed by atoms with E-state index in [1.807, 2.05) is 24.3 Å². The normalized spacial score (nSPS) is 22.2. The summed E-state index contributed by atoms with van der Waals surface area (Å²) in [5, 5.41) is 11.5. The van der Waals surface area contributed by atoms with Gasteiger partial charge in [0.1, 0.15) is 0 Å². The van der Waals surface area contributed by atoms with E-state index in [2.05, 4.69) is 30.0 Å². The van der Waals surface area contributed by atoms with Crippen molar-refractivity contribution in [2.45, 2.75) is 13.3 Å². The molecule has 108 valence electrons. The first-order valence-corrected chi connectivity index (χ1v) is 7.61. The first kappa shape index (κ1) is 13.9. The van der Waals surface area contributed by atoms with Gasteiger partial charge in [0.15, 0.2) is 0 Å². The average Bonchev–Trinajstić information content (AvgIpc) is 2.54. The molecule has 1 aliphatic rings. The Morgan fingerprint density at radius 2 is 2.00 bits per heavy atom. The fraction of sp³-hybridized carbons (Fsp3) is 0.389. The first-order chi connectivity index (χ1) is 10.2. The Labute approximate surface area is 126 Å². The van der Waals surface area contributed by atoms with E-state index in [4.69, 9.17) is 5.73 Å². The Morgan fingerprint density at radius 3 is 2.71 bits per heavy atom. The van der Waals surface area contributed by atoms with E-state index < -0.39 is 0 Å². The Morgan fingerprint density at radius 1 is 1.24 bits per heavy atom. The molecule has 2 N–H and O–H groups in total. The van der Waals surface area contributed by atoms with Crippen molar-refractivity contribution in [3.63, 3.8) is 0 Å². The van der Waals surface area contributed by atoms with Crippen LogP contribution in [0.25, 0.3) is 10.8 Å². The highest BCUT2D eigenvalue weighted by Crippen LogP contribution is 2.33. The molecule has 2 aromatic rings. The SMILES string of the molecule is CC1CCN(c2ccc(C#N)c3ccccc23)CC1CN. The zero-order valence-corrected chi connectivity index (χ0v) is 12.4. The molecule has 21 heavy (non-hydrogen) atoms. The van der Waals surface area contributed by atoms with Crippen molar-refractivity contribution in [3.8, 4) is 6.07 Å². The minimum absolute atomic E-state index is 0.549. The minimum atomic E-state index is 0.549. The molecule has 3 rings (SSSR count). The van der Waals surface area contributed by atoms with Crippen LogP contribution in [-0.4, -0.2) is 19.6 Å². The Bertz CT molecular complexity index is 686. The second kappa shape index (κ2) is 5.75. The molecule has 3 heteroatoms. The number of rotatable bonds is 2. The third-order valence-electron chi connectivity index (χ3n) is 4.78. The summed E-state index contributed by atoms with van der Waals surface area (Å²) >= 11 is 0. The highest BCUT2D eigenvalue weighted by Gasteiger charge is 2.26. The molecular formula is C18H21N3. The zero-order chi connectivity index (χ0) is 14.8. The minimum Gasteiger partial charge on any atom is -0.371 e. The van der Waals surface area contributed by atoms with Crippen LogP contribution in [0.1, 0.15) is 18.9 Å². The summed E-state index contributed by atoms with van der Waals surface area (Å²) in [6.45, 7) is 5.11. The van der Waals surface area contributed by atoms with Crippen molar-refractivity contribution >= 4 is 16.5 Å². The molecular weight excluding hydrogens is 258 g/mol. The van der Waals surface area contributed by atoms with E-state index in [1.54, 1.807) is 0 Å². The molecule has 2 atom stereocenters. The lowest BCUT2D eigenvalue weighted by Crippen LogP contribution is -2.42. The molecule has 2 aromatic carbocycles. The van der Waals surface area contributed by atoms with Gasteiger partial charge in [-0.15, -0.1) is 0 Å². The number of hydrogen-bond acceptors (Lipinski definition) is 3. The number of nitrogens with two attached hydrogens (primary N) is 1. The van der Waals surface area contributed by atoms with Crippen molar-refractivity contribution in [3.05, 3.63) is 42.0 Å². The summed E-state index contributed by atoms with van der Waals surface area (Å²) in [4.78, 5) is 2.43. The van der Waals surface area contributed by atoms with Gasteiger partial charge in [0.2, 0.25) is 0 Å². The number of piperidine rings is 1. The summed E-state index contributed by atoms with van der Waals surface area (Å²) in [7, 11) is 0. The maximum atomic E-state index is 9.27. The van der Waals surface area contributed by atoms with Crippen LogP contribution in [0.2, 0.25) is 0 Å². The predicted molar refractivity (Wildman–Crippen MR) is 87.2 cm³/mol. The van der Waals surface area contributed by atoms with Crippen LogP contribution in [0.15, 0.2) is 36.4 Å². The van der Waals surface area contributed by atoms with Crippen LogP contribution in [0.3, 0.4) is 0 Å². The quantitative estimate of drug-likeness (QED) is 0.919. The van der Waals surface area contributed by atoms with Gasteiger partial charge >= 0.3 is 0 Å². The van der Waals surface area contributed by atoms with Gasteiger partial charge in [-0.25, -0.2) is 0 Å². The lowest BCUT2D eigenvalue weighted by atomic mass is 9.86. The predicted octanol–water partition coefficient (Wildman–Crippen LogP) is 3.13. The molecule has 1 saturated heterocycles. The van der Waals surface area contributed by atoms with Crippen LogP contribution < -0.4 is 10.6 Å². The highest BCUT2D eigenvalue weighted by molar-refractivity contribution is 5.97. The van der Waals surface area contributed by atoms with E-state index in [9.17, 15) is 5.26 Å². The van der Waals surface area contributed by atoms with E-state index in [1.165, 1.54) is 17.5 Å². The van der Waals surface area contributed by atoms with Crippen LogP contribution in [0, 0.1) is 23.2 Å². The highest BCUT2D eigenvalue weighted by atomic mass is 15.1. The van der Waals surface area contributed by atoms with E-state index in [0.29, 0.717) is 11.8 Å². The van der Waals surface area contributed by atoms with Crippen molar-refractivity contribution in [2.24, 2.45) is 17.6 Å². The molecule has 2 unspecified atom stereocenters. The van der Waals surface area contributed by atoms with Crippen molar-refractivity contribution in [2.75, 3.05) is 24.5 Å². The summed E-state index contributed by atoms with van der Waals surface area (Å²) in [6, 6.07) is 14.5.